The van der Waals surface area contributed by atoms with Crippen molar-refractivity contribution in [2.45, 2.75) is 26.2 Å². The quantitative estimate of drug-likeness (QED) is 0.536. The molecule has 0 aliphatic heterocycles. The summed E-state index contributed by atoms with van der Waals surface area (Å²) >= 11 is 0. The first-order valence-corrected chi connectivity index (χ1v) is 9.13. The maximum atomic E-state index is 9.06. The highest BCUT2D eigenvalue weighted by Gasteiger charge is 2.35. The summed E-state index contributed by atoms with van der Waals surface area (Å²) in [5.41, 5.74) is 9.00. The van der Waals surface area contributed by atoms with Crippen LogP contribution in [0.2, 0.25) is 0 Å². The molecule has 3 aromatic rings. The Morgan fingerprint density at radius 2 is 1.52 bits per heavy atom. The Morgan fingerprint density at radius 3 is 2.19 bits per heavy atom. The van der Waals surface area contributed by atoms with Crippen LogP contribution in [0.25, 0.3) is 11.1 Å². The number of rotatable bonds is 3. The van der Waals surface area contributed by atoms with Gasteiger partial charge < -0.3 is 4.90 Å². The first-order valence-electron chi connectivity index (χ1n) is 9.13. The normalized spacial score (nSPS) is 13.4. The van der Waals surface area contributed by atoms with E-state index in [1.165, 1.54) is 22.3 Å². The van der Waals surface area contributed by atoms with Crippen LogP contribution in [-0.4, -0.2) is 0 Å². The summed E-state index contributed by atoms with van der Waals surface area (Å²) in [7, 11) is 0. The molecule has 0 saturated carbocycles. The summed E-state index contributed by atoms with van der Waals surface area (Å²) < 4.78 is 0. The monoisotopic (exact) mass is 350 g/mol. The van der Waals surface area contributed by atoms with E-state index in [1.54, 1.807) is 0 Å². The molecule has 0 unspecified atom stereocenters. The van der Waals surface area contributed by atoms with Gasteiger partial charge in [0.1, 0.15) is 0 Å². The van der Waals surface area contributed by atoms with Gasteiger partial charge in [-0.25, -0.2) is 0 Å². The van der Waals surface area contributed by atoms with E-state index in [1.807, 2.05) is 31.2 Å². The SMILES string of the molecule is C=C(C)N(c1ccc(C#N)cc1)c1ccc2c(c1)C(C)(C)c1ccccc1-2. The number of hydrogen-bond acceptors (Lipinski definition) is 2. The van der Waals surface area contributed by atoms with E-state index < -0.39 is 0 Å². The van der Waals surface area contributed by atoms with Crippen molar-refractivity contribution in [1.29, 1.82) is 5.26 Å². The number of anilines is 2. The maximum absolute atomic E-state index is 9.06. The van der Waals surface area contributed by atoms with Gasteiger partial charge in [0.15, 0.2) is 0 Å². The predicted molar refractivity (Wildman–Crippen MR) is 112 cm³/mol. The molecular formula is C25H22N2. The summed E-state index contributed by atoms with van der Waals surface area (Å²) in [5.74, 6) is 0. The number of nitriles is 1. The lowest BCUT2D eigenvalue weighted by Gasteiger charge is -2.28. The number of nitrogens with zero attached hydrogens (tertiary/aromatic N) is 2. The minimum Gasteiger partial charge on any atom is -0.315 e. The average molecular weight is 350 g/mol. The third kappa shape index (κ3) is 2.64. The van der Waals surface area contributed by atoms with Crippen molar-refractivity contribution in [2.24, 2.45) is 0 Å². The zero-order chi connectivity index (χ0) is 19.2. The highest BCUT2D eigenvalue weighted by molar-refractivity contribution is 5.83. The van der Waals surface area contributed by atoms with Crippen molar-refractivity contribution in [2.75, 3.05) is 4.90 Å². The molecule has 4 rings (SSSR count). The fourth-order valence-electron chi connectivity index (χ4n) is 4.11. The smallest absolute Gasteiger partial charge is 0.0991 e. The molecule has 27 heavy (non-hydrogen) atoms. The van der Waals surface area contributed by atoms with Gasteiger partial charge in [-0.1, -0.05) is 50.8 Å². The first kappa shape index (κ1) is 17.1. The molecule has 0 radical (unpaired) electrons. The molecule has 1 aliphatic carbocycles. The van der Waals surface area contributed by atoms with Crippen molar-refractivity contribution in [3.63, 3.8) is 0 Å². The molecule has 0 N–H and O–H groups in total. The van der Waals surface area contributed by atoms with E-state index in [0.717, 1.165) is 17.1 Å². The highest BCUT2D eigenvalue weighted by Crippen LogP contribution is 2.50. The Labute approximate surface area is 161 Å². The van der Waals surface area contributed by atoms with E-state index >= 15 is 0 Å². The highest BCUT2D eigenvalue weighted by atomic mass is 15.1. The van der Waals surface area contributed by atoms with Crippen LogP contribution in [0.3, 0.4) is 0 Å². The topological polar surface area (TPSA) is 27.0 Å². The zero-order valence-electron chi connectivity index (χ0n) is 16.0. The molecule has 0 amide bonds. The van der Waals surface area contributed by atoms with Crippen LogP contribution >= 0.6 is 0 Å². The third-order valence-corrected chi connectivity index (χ3v) is 5.46. The van der Waals surface area contributed by atoms with Gasteiger partial charge in [0.05, 0.1) is 11.6 Å². The molecule has 0 spiro atoms. The molecule has 2 nitrogen and oxygen atoms in total. The van der Waals surface area contributed by atoms with Crippen LogP contribution in [-0.2, 0) is 5.41 Å². The minimum absolute atomic E-state index is 0.0344. The number of benzene rings is 3. The zero-order valence-corrected chi connectivity index (χ0v) is 16.0. The minimum atomic E-state index is -0.0344. The summed E-state index contributed by atoms with van der Waals surface area (Å²) in [6.45, 7) is 10.8. The Hall–Kier alpha value is -3.31. The number of allylic oxidation sites excluding steroid dienone is 1. The first-order chi connectivity index (χ1) is 12.9. The van der Waals surface area contributed by atoms with Crippen LogP contribution in [0, 0.1) is 11.3 Å². The summed E-state index contributed by atoms with van der Waals surface area (Å²) in [4.78, 5) is 2.14. The van der Waals surface area contributed by atoms with E-state index in [9.17, 15) is 0 Å². The second kappa shape index (κ2) is 6.14. The van der Waals surface area contributed by atoms with Gasteiger partial charge >= 0.3 is 0 Å². The average Bonchev–Trinajstić information content (AvgIpc) is 2.90. The molecule has 3 aromatic carbocycles. The van der Waals surface area contributed by atoms with Crippen LogP contribution in [0.1, 0.15) is 37.5 Å². The van der Waals surface area contributed by atoms with Crippen LogP contribution in [0.15, 0.2) is 79.0 Å². The molecule has 1 aliphatic rings. The van der Waals surface area contributed by atoms with Crippen molar-refractivity contribution in [1.82, 2.24) is 0 Å². The van der Waals surface area contributed by atoms with E-state index in [-0.39, 0.29) is 5.41 Å². The second-order valence-electron chi connectivity index (χ2n) is 7.63. The van der Waals surface area contributed by atoms with Crippen molar-refractivity contribution in [3.05, 3.63) is 95.7 Å². The summed E-state index contributed by atoms with van der Waals surface area (Å²) in [5, 5.41) is 9.06. The van der Waals surface area contributed by atoms with Gasteiger partial charge in [-0.15, -0.1) is 0 Å². The van der Waals surface area contributed by atoms with Gasteiger partial charge in [0.2, 0.25) is 0 Å². The molecule has 0 saturated heterocycles. The largest absolute Gasteiger partial charge is 0.315 e. The Morgan fingerprint density at radius 1 is 0.889 bits per heavy atom. The van der Waals surface area contributed by atoms with Gasteiger partial charge in [-0.05, 0) is 65.6 Å². The summed E-state index contributed by atoms with van der Waals surface area (Å²) in [6, 6.07) is 25.1. The van der Waals surface area contributed by atoms with Gasteiger partial charge in [-0.2, -0.15) is 5.26 Å². The molecule has 0 fully saturated rings. The molecule has 2 heteroatoms. The van der Waals surface area contributed by atoms with Crippen molar-refractivity contribution >= 4 is 11.4 Å². The Balaban J connectivity index is 1.84. The molecule has 0 aromatic heterocycles. The molecule has 0 heterocycles. The Kier molecular flexibility index (Phi) is 3.89. The molecular weight excluding hydrogens is 328 g/mol. The predicted octanol–water partition coefficient (Wildman–Crippen LogP) is 6.54. The standard InChI is InChI=1S/C25H22N2/c1-17(2)27(19-11-9-18(16-26)10-12-19)20-13-14-22-21-7-5-6-8-23(21)25(3,4)24(22)15-20/h5-15H,1H2,2-4H3. The van der Waals surface area contributed by atoms with Crippen LogP contribution < -0.4 is 4.90 Å². The molecule has 0 bridgehead atoms. The molecule has 0 atom stereocenters. The van der Waals surface area contributed by atoms with E-state index in [2.05, 4.69) is 73.9 Å². The van der Waals surface area contributed by atoms with Gasteiger partial charge in [0, 0.05) is 22.5 Å². The second-order valence-corrected chi connectivity index (χ2v) is 7.63. The molecule has 132 valence electrons. The third-order valence-electron chi connectivity index (χ3n) is 5.46. The van der Waals surface area contributed by atoms with E-state index in [0.29, 0.717) is 5.56 Å². The fraction of sp³-hybridized carbons (Fsp3) is 0.160. The van der Waals surface area contributed by atoms with Gasteiger partial charge in [-0.3, -0.25) is 0 Å². The van der Waals surface area contributed by atoms with Gasteiger partial charge in [0.25, 0.3) is 0 Å². The lowest BCUT2D eigenvalue weighted by Crippen LogP contribution is -2.17. The van der Waals surface area contributed by atoms with Crippen LogP contribution in [0.4, 0.5) is 11.4 Å². The van der Waals surface area contributed by atoms with Crippen molar-refractivity contribution < 1.29 is 0 Å². The fourth-order valence-corrected chi connectivity index (χ4v) is 4.11. The summed E-state index contributed by atoms with van der Waals surface area (Å²) in [6.07, 6.45) is 0. The van der Waals surface area contributed by atoms with E-state index in [4.69, 9.17) is 5.26 Å². The number of fused-ring (bicyclic) bond motifs is 3. The lowest BCUT2D eigenvalue weighted by atomic mass is 9.82. The Bertz CT molecular complexity index is 1080. The van der Waals surface area contributed by atoms with Crippen LogP contribution in [0.5, 0.6) is 0 Å². The maximum Gasteiger partial charge on any atom is 0.0991 e. The number of hydrogen-bond donors (Lipinski definition) is 0. The van der Waals surface area contributed by atoms with Crippen molar-refractivity contribution in [3.8, 4) is 17.2 Å². The lowest BCUT2D eigenvalue weighted by molar-refractivity contribution is 0.660.